The van der Waals surface area contributed by atoms with Gasteiger partial charge in [0.2, 0.25) is 11.8 Å². The minimum atomic E-state index is 0.0835. The molecule has 19 heavy (non-hydrogen) atoms. The predicted molar refractivity (Wildman–Crippen MR) is 71.5 cm³/mol. The minimum Gasteiger partial charge on any atom is -0.497 e. The Hall–Kier alpha value is -2.76. The van der Waals surface area contributed by atoms with Crippen LogP contribution in [0.5, 0.6) is 11.6 Å². The van der Waals surface area contributed by atoms with Crippen LogP contribution in [-0.2, 0) is 0 Å². The Morgan fingerprint density at radius 2 is 2.00 bits per heavy atom. The summed E-state index contributed by atoms with van der Waals surface area (Å²) < 4.78 is 6.72. The number of nitrogens with zero attached hydrogens (tertiary/aromatic N) is 3. The molecule has 0 saturated carbocycles. The molecule has 0 unspecified atom stereocenters. The topological polar surface area (TPSA) is 86.2 Å². The fourth-order valence-electron chi connectivity index (χ4n) is 1.93. The first-order valence-electron chi connectivity index (χ1n) is 5.66. The smallest absolute Gasteiger partial charge is 0.220 e. The molecule has 0 aliphatic carbocycles. The van der Waals surface area contributed by atoms with Crippen LogP contribution in [0.25, 0.3) is 16.6 Å². The van der Waals surface area contributed by atoms with Crippen molar-refractivity contribution in [1.29, 1.82) is 0 Å². The Morgan fingerprint density at radius 3 is 2.68 bits per heavy atom. The molecular formula is C13H12N4O2. The molecule has 3 rings (SSSR count). The van der Waals surface area contributed by atoms with Gasteiger partial charge in [-0.2, -0.15) is 0 Å². The second kappa shape index (κ2) is 4.16. The van der Waals surface area contributed by atoms with Crippen molar-refractivity contribution in [3.63, 3.8) is 0 Å². The fourth-order valence-corrected chi connectivity index (χ4v) is 1.93. The van der Waals surface area contributed by atoms with Gasteiger partial charge in [0.25, 0.3) is 0 Å². The minimum absolute atomic E-state index is 0.0835. The van der Waals surface area contributed by atoms with Gasteiger partial charge in [-0.3, -0.25) is 4.57 Å². The summed E-state index contributed by atoms with van der Waals surface area (Å²) in [6.07, 6.45) is 3.22. The van der Waals surface area contributed by atoms with Gasteiger partial charge in [0, 0.05) is 18.1 Å². The second-order valence-corrected chi connectivity index (χ2v) is 4.05. The van der Waals surface area contributed by atoms with Gasteiger partial charge in [-0.25, -0.2) is 9.97 Å². The second-order valence-electron chi connectivity index (χ2n) is 4.05. The van der Waals surface area contributed by atoms with Crippen LogP contribution in [0.15, 0.2) is 36.7 Å². The zero-order chi connectivity index (χ0) is 13.4. The number of nitrogens with two attached hydrogens (primary N) is 1. The first-order valence-corrected chi connectivity index (χ1v) is 5.66. The normalized spacial score (nSPS) is 10.8. The van der Waals surface area contributed by atoms with Crippen molar-refractivity contribution in [2.75, 3.05) is 12.8 Å². The first kappa shape index (κ1) is 11.3. The molecule has 0 aliphatic heterocycles. The summed E-state index contributed by atoms with van der Waals surface area (Å²) in [5.74, 6) is 1.02. The maximum atomic E-state index is 10.2. The van der Waals surface area contributed by atoms with Gasteiger partial charge in [0.15, 0.2) is 0 Å². The Labute approximate surface area is 109 Å². The number of nitrogen functional groups attached to an aromatic ring is 1. The Morgan fingerprint density at radius 1 is 1.26 bits per heavy atom. The van der Waals surface area contributed by atoms with Gasteiger partial charge >= 0.3 is 0 Å². The van der Waals surface area contributed by atoms with E-state index in [1.54, 1.807) is 17.9 Å². The molecular weight excluding hydrogens is 244 g/mol. The highest BCUT2D eigenvalue weighted by Gasteiger charge is 2.11. The number of aromatic nitrogens is 3. The van der Waals surface area contributed by atoms with Crippen LogP contribution < -0.4 is 10.5 Å². The first-order chi connectivity index (χ1) is 9.19. The largest absolute Gasteiger partial charge is 0.497 e. The third-order valence-corrected chi connectivity index (χ3v) is 2.91. The average Bonchev–Trinajstić information content (AvgIpc) is 2.75. The van der Waals surface area contributed by atoms with Gasteiger partial charge < -0.3 is 15.6 Å². The van der Waals surface area contributed by atoms with Crippen molar-refractivity contribution in [2.45, 2.75) is 0 Å². The summed E-state index contributed by atoms with van der Waals surface area (Å²) in [6, 6.07) is 7.32. The van der Waals surface area contributed by atoms with E-state index in [1.807, 2.05) is 24.3 Å². The van der Waals surface area contributed by atoms with Gasteiger partial charge in [0.1, 0.15) is 5.75 Å². The molecule has 3 aromatic rings. The van der Waals surface area contributed by atoms with Crippen molar-refractivity contribution in [1.82, 2.24) is 14.5 Å². The number of anilines is 1. The van der Waals surface area contributed by atoms with Crippen molar-refractivity contribution in [3.8, 4) is 17.3 Å². The van der Waals surface area contributed by atoms with E-state index in [4.69, 9.17) is 10.5 Å². The van der Waals surface area contributed by atoms with E-state index in [0.717, 1.165) is 11.4 Å². The number of methoxy groups -OCH3 is 1. The molecule has 0 fully saturated rings. The highest BCUT2D eigenvalue weighted by molar-refractivity contribution is 5.85. The number of hydrogen-bond donors (Lipinski definition) is 2. The van der Waals surface area contributed by atoms with Gasteiger partial charge in [0.05, 0.1) is 18.0 Å². The van der Waals surface area contributed by atoms with E-state index >= 15 is 0 Å². The highest BCUT2D eigenvalue weighted by atomic mass is 16.5. The Balaban J connectivity index is 2.15. The maximum absolute atomic E-state index is 10.2. The van der Waals surface area contributed by atoms with Crippen LogP contribution in [0, 0.1) is 0 Å². The van der Waals surface area contributed by atoms with Crippen LogP contribution in [0.2, 0.25) is 0 Å². The third kappa shape index (κ3) is 1.83. The molecule has 0 aliphatic rings. The number of benzene rings is 1. The van der Waals surface area contributed by atoms with Crippen LogP contribution in [0.3, 0.4) is 0 Å². The van der Waals surface area contributed by atoms with Crippen LogP contribution >= 0.6 is 0 Å². The lowest BCUT2D eigenvalue weighted by Gasteiger charge is -2.05. The number of ether oxygens (including phenoxy) is 1. The van der Waals surface area contributed by atoms with Gasteiger partial charge in [-0.05, 0) is 24.3 Å². The van der Waals surface area contributed by atoms with Crippen LogP contribution in [0.1, 0.15) is 0 Å². The van der Waals surface area contributed by atoms with Crippen molar-refractivity contribution in [3.05, 3.63) is 36.7 Å². The summed E-state index contributed by atoms with van der Waals surface area (Å²) in [7, 11) is 1.61. The summed E-state index contributed by atoms with van der Waals surface area (Å²) in [6.45, 7) is 0. The van der Waals surface area contributed by atoms with Crippen molar-refractivity contribution < 1.29 is 9.84 Å². The number of fused-ring (bicyclic) bond motifs is 1. The van der Waals surface area contributed by atoms with Gasteiger partial charge in [-0.1, -0.05) is 0 Å². The molecule has 3 N–H and O–H groups in total. The molecule has 0 saturated heterocycles. The summed E-state index contributed by atoms with van der Waals surface area (Å²) >= 11 is 0. The Kier molecular flexibility index (Phi) is 2.49. The molecule has 2 heterocycles. The summed E-state index contributed by atoms with van der Waals surface area (Å²) in [5, 5.41) is 10.7. The molecule has 2 aromatic heterocycles. The fraction of sp³-hybridized carbons (Fsp3) is 0.0769. The zero-order valence-corrected chi connectivity index (χ0v) is 10.2. The lowest BCUT2D eigenvalue weighted by atomic mass is 10.3. The monoisotopic (exact) mass is 256 g/mol. The lowest BCUT2D eigenvalue weighted by molar-refractivity contribution is 0.414. The van der Waals surface area contributed by atoms with E-state index in [-0.39, 0.29) is 11.8 Å². The van der Waals surface area contributed by atoms with E-state index in [9.17, 15) is 5.11 Å². The molecule has 96 valence electrons. The zero-order valence-electron chi connectivity index (χ0n) is 10.2. The predicted octanol–water partition coefficient (Wildman–Crippen LogP) is 1.72. The average molecular weight is 256 g/mol. The maximum Gasteiger partial charge on any atom is 0.220 e. The highest BCUT2D eigenvalue weighted by Crippen LogP contribution is 2.29. The van der Waals surface area contributed by atoms with Crippen molar-refractivity contribution in [2.24, 2.45) is 0 Å². The molecule has 6 heteroatoms. The third-order valence-electron chi connectivity index (χ3n) is 2.91. The molecule has 0 bridgehead atoms. The SMILES string of the molecule is COc1ccc(-n2cc3nc(N)ncc3c2O)cc1. The lowest BCUT2D eigenvalue weighted by Crippen LogP contribution is -1.92. The van der Waals surface area contributed by atoms with E-state index in [1.165, 1.54) is 6.20 Å². The number of aromatic hydroxyl groups is 1. The van der Waals surface area contributed by atoms with E-state index in [2.05, 4.69) is 9.97 Å². The molecule has 0 spiro atoms. The molecule has 6 nitrogen and oxygen atoms in total. The van der Waals surface area contributed by atoms with Gasteiger partial charge in [-0.15, -0.1) is 0 Å². The van der Waals surface area contributed by atoms with Crippen molar-refractivity contribution >= 4 is 16.9 Å². The van der Waals surface area contributed by atoms with Crippen LogP contribution in [0.4, 0.5) is 5.95 Å². The van der Waals surface area contributed by atoms with E-state index in [0.29, 0.717) is 10.9 Å². The number of hydrogen-bond acceptors (Lipinski definition) is 5. The molecule has 0 amide bonds. The molecule has 0 radical (unpaired) electrons. The standard InChI is InChI=1S/C13H12N4O2/c1-19-9-4-2-8(3-5-9)17-7-11-10(12(17)18)6-15-13(14)16-11/h2-7,18H,1H3,(H2,14,16). The van der Waals surface area contributed by atoms with E-state index < -0.39 is 0 Å². The quantitative estimate of drug-likeness (QED) is 0.729. The van der Waals surface area contributed by atoms with Crippen LogP contribution in [-0.4, -0.2) is 26.8 Å². The molecule has 1 aromatic carbocycles. The Bertz CT molecular complexity index is 734. The summed E-state index contributed by atoms with van der Waals surface area (Å²) in [5.41, 5.74) is 6.93. The molecule has 0 atom stereocenters. The summed E-state index contributed by atoms with van der Waals surface area (Å²) in [4.78, 5) is 7.95. The number of rotatable bonds is 2.